The number of aromatic nitrogens is 1. The minimum Gasteiger partial charge on any atom is -0.467 e. The first-order valence-electron chi connectivity index (χ1n) is 5.50. The molecule has 6 heteroatoms. The third-order valence-electron chi connectivity index (χ3n) is 2.55. The van der Waals surface area contributed by atoms with Gasteiger partial charge in [0.1, 0.15) is 17.4 Å². The van der Waals surface area contributed by atoms with Crippen LogP contribution in [0.5, 0.6) is 0 Å². The second kappa shape index (κ2) is 5.50. The van der Waals surface area contributed by atoms with Gasteiger partial charge in [0.2, 0.25) is 0 Å². The molecule has 0 atom stereocenters. The van der Waals surface area contributed by atoms with Crippen LogP contribution in [0.15, 0.2) is 28.9 Å². The van der Waals surface area contributed by atoms with Crippen LogP contribution < -0.4 is 10.6 Å². The second-order valence-corrected chi connectivity index (χ2v) is 4.57. The van der Waals surface area contributed by atoms with Crippen molar-refractivity contribution in [2.45, 2.75) is 13.5 Å². The molecule has 0 aliphatic carbocycles. The average Bonchev–Trinajstić information content (AvgIpc) is 2.84. The van der Waals surface area contributed by atoms with Crippen LogP contribution in [-0.4, -0.2) is 11.5 Å². The molecule has 0 saturated heterocycles. The number of hydrogen-bond donors (Lipinski definition) is 1. The standard InChI is InChI=1S/C12H13Cl2N3O/c1-2-17(7-8-4-3-5-18-8)12-10(14)6-9(13)11(15)16-12/h3-6H,2,7H2,1H3,(H2,15,16). The maximum Gasteiger partial charge on any atom is 0.150 e. The quantitative estimate of drug-likeness (QED) is 0.933. The van der Waals surface area contributed by atoms with Gasteiger partial charge < -0.3 is 15.1 Å². The molecule has 0 fully saturated rings. The molecule has 2 aromatic rings. The molecule has 0 aliphatic heterocycles. The van der Waals surface area contributed by atoms with Gasteiger partial charge in [-0.1, -0.05) is 23.2 Å². The van der Waals surface area contributed by atoms with E-state index in [4.69, 9.17) is 33.4 Å². The van der Waals surface area contributed by atoms with E-state index in [0.717, 1.165) is 12.3 Å². The predicted octanol–water partition coefficient (Wildman–Crippen LogP) is 3.59. The minimum absolute atomic E-state index is 0.272. The zero-order valence-electron chi connectivity index (χ0n) is 9.86. The summed E-state index contributed by atoms with van der Waals surface area (Å²) in [5.74, 6) is 1.72. The van der Waals surface area contributed by atoms with Gasteiger partial charge in [-0.15, -0.1) is 0 Å². The van der Waals surface area contributed by atoms with Gasteiger partial charge in [-0.05, 0) is 25.1 Å². The van der Waals surface area contributed by atoms with Crippen LogP contribution in [0.3, 0.4) is 0 Å². The lowest BCUT2D eigenvalue weighted by Gasteiger charge is -2.22. The van der Waals surface area contributed by atoms with E-state index in [2.05, 4.69) is 4.98 Å². The molecule has 0 aromatic carbocycles. The van der Waals surface area contributed by atoms with Gasteiger partial charge in [0, 0.05) is 6.54 Å². The fraction of sp³-hybridized carbons (Fsp3) is 0.250. The third-order valence-corrected chi connectivity index (χ3v) is 3.13. The molecule has 96 valence electrons. The fourth-order valence-electron chi connectivity index (χ4n) is 1.62. The predicted molar refractivity (Wildman–Crippen MR) is 74.1 cm³/mol. The zero-order valence-corrected chi connectivity index (χ0v) is 11.4. The van der Waals surface area contributed by atoms with E-state index in [1.54, 1.807) is 12.3 Å². The summed E-state index contributed by atoms with van der Waals surface area (Å²) in [6.45, 7) is 3.32. The van der Waals surface area contributed by atoms with Crippen LogP contribution in [0, 0.1) is 0 Å². The number of furan rings is 1. The number of nitrogens with zero attached hydrogens (tertiary/aromatic N) is 2. The van der Waals surface area contributed by atoms with Gasteiger partial charge in [0.05, 0.1) is 22.9 Å². The number of halogens is 2. The van der Waals surface area contributed by atoms with E-state index in [-0.39, 0.29) is 5.82 Å². The normalized spacial score (nSPS) is 10.6. The lowest BCUT2D eigenvalue weighted by molar-refractivity contribution is 0.503. The molecule has 2 rings (SSSR count). The summed E-state index contributed by atoms with van der Waals surface area (Å²) < 4.78 is 5.31. The van der Waals surface area contributed by atoms with Crippen molar-refractivity contribution in [1.82, 2.24) is 4.98 Å². The van der Waals surface area contributed by atoms with E-state index < -0.39 is 0 Å². The van der Waals surface area contributed by atoms with Crippen LogP contribution in [-0.2, 0) is 6.54 Å². The number of nitrogens with two attached hydrogens (primary N) is 1. The van der Waals surface area contributed by atoms with Gasteiger partial charge in [0.15, 0.2) is 0 Å². The van der Waals surface area contributed by atoms with Crippen LogP contribution in [0.25, 0.3) is 0 Å². The molecule has 18 heavy (non-hydrogen) atoms. The highest BCUT2D eigenvalue weighted by atomic mass is 35.5. The lowest BCUT2D eigenvalue weighted by atomic mass is 10.3. The van der Waals surface area contributed by atoms with Crippen LogP contribution in [0.2, 0.25) is 10.0 Å². The van der Waals surface area contributed by atoms with Crippen molar-refractivity contribution < 1.29 is 4.42 Å². The molecule has 0 saturated carbocycles. The van der Waals surface area contributed by atoms with E-state index in [0.29, 0.717) is 22.4 Å². The Morgan fingerprint density at radius 3 is 2.78 bits per heavy atom. The molecule has 0 amide bonds. The molecule has 0 aliphatic rings. The molecule has 0 bridgehead atoms. The monoisotopic (exact) mass is 285 g/mol. The van der Waals surface area contributed by atoms with Gasteiger partial charge in [-0.2, -0.15) is 0 Å². The van der Waals surface area contributed by atoms with Crippen molar-refractivity contribution >= 4 is 34.8 Å². The van der Waals surface area contributed by atoms with Crippen LogP contribution in [0.4, 0.5) is 11.6 Å². The van der Waals surface area contributed by atoms with E-state index in [1.807, 2.05) is 24.0 Å². The molecule has 4 nitrogen and oxygen atoms in total. The molecular weight excluding hydrogens is 273 g/mol. The van der Waals surface area contributed by atoms with Gasteiger partial charge in [-0.3, -0.25) is 0 Å². The second-order valence-electron chi connectivity index (χ2n) is 3.75. The Bertz CT molecular complexity index is 528. The average molecular weight is 286 g/mol. The molecular formula is C12H13Cl2N3O. The first-order chi connectivity index (χ1) is 8.61. The molecule has 0 spiro atoms. The summed E-state index contributed by atoms with van der Waals surface area (Å²) in [7, 11) is 0. The van der Waals surface area contributed by atoms with Crippen molar-refractivity contribution in [2.75, 3.05) is 17.2 Å². The van der Waals surface area contributed by atoms with Crippen molar-refractivity contribution in [3.05, 3.63) is 40.3 Å². The number of anilines is 2. The SMILES string of the molecule is CCN(Cc1ccco1)c1nc(N)c(Cl)cc1Cl. The number of nitrogen functional groups attached to an aromatic ring is 1. The van der Waals surface area contributed by atoms with Gasteiger partial charge in [-0.25, -0.2) is 4.98 Å². The smallest absolute Gasteiger partial charge is 0.150 e. The summed E-state index contributed by atoms with van der Waals surface area (Å²) in [5.41, 5.74) is 5.70. The Balaban J connectivity index is 2.30. The number of rotatable bonds is 4. The summed E-state index contributed by atoms with van der Waals surface area (Å²) in [6.07, 6.45) is 1.63. The van der Waals surface area contributed by atoms with Gasteiger partial charge in [0.25, 0.3) is 0 Å². The molecule has 0 radical (unpaired) electrons. The van der Waals surface area contributed by atoms with E-state index in [9.17, 15) is 0 Å². The maximum atomic E-state index is 6.14. The Kier molecular flexibility index (Phi) is 3.99. The summed E-state index contributed by atoms with van der Waals surface area (Å²) in [5, 5.41) is 0.834. The Morgan fingerprint density at radius 1 is 1.39 bits per heavy atom. The molecule has 2 aromatic heterocycles. The minimum atomic E-state index is 0.272. The van der Waals surface area contributed by atoms with Crippen molar-refractivity contribution in [2.24, 2.45) is 0 Å². The highest BCUT2D eigenvalue weighted by Crippen LogP contribution is 2.30. The molecule has 0 unspecified atom stereocenters. The Hall–Kier alpha value is -1.39. The van der Waals surface area contributed by atoms with Crippen LogP contribution in [0.1, 0.15) is 12.7 Å². The fourth-order valence-corrected chi connectivity index (χ4v) is 2.10. The van der Waals surface area contributed by atoms with Crippen molar-refractivity contribution in [1.29, 1.82) is 0 Å². The lowest BCUT2D eigenvalue weighted by Crippen LogP contribution is -2.23. The van der Waals surface area contributed by atoms with Gasteiger partial charge >= 0.3 is 0 Å². The number of pyridine rings is 1. The van der Waals surface area contributed by atoms with Crippen molar-refractivity contribution in [3.63, 3.8) is 0 Å². The first kappa shape index (κ1) is 13.1. The molecule has 2 heterocycles. The van der Waals surface area contributed by atoms with Crippen LogP contribution >= 0.6 is 23.2 Å². The maximum absolute atomic E-state index is 6.14. The largest absolute Gasteiger partial charge is 0.467 e. The summed E-state index contributed by atoms with van der Waals surface area (Å²) >= 11 is 12.0. The summed E-state index contributed by atoms with van der Waals surface area (Å²) in [4.78, 5) is 6.19. The Morgan fingerprint density at radius 2 is 2.17 bits per heavy atom. The van der Waals surface area contributed by atoms with E-state index >= 15 is 0 Å². The summed E-state index contributed by atoms with van der Waals surface area (Å²) in [6, 6.07) is 5.34. The third kappa shape index (κ3) is 2.71. The number of hydrogen-bond acceptors (Lipinski definition) is 4. The van der Waals surface area contributed by atoms with Crippen molar-refractivity contribution in [3.8, 4) is 0 Å². The van der Waals surface area contributed by atoms with E-state index in [1.165, 1.54) is 0 Å². The zero-order chi connectivity index (χ0) is 13.1. The topological polar surface area (TPSA) is 55.3 Å². The Labute approximate surface area is 115 Å². The highest BCUT2D eigenvalue weighted by molar-refractivity contribution is 6.37. The molecule has 2 N–H and O–H groups in total. The highest BCUT2D eigenvalue weighted by Gasteiger charge is 2.14. The first-order valence-corrected chi connectivity index (χ1v) is 6.26.